The van der Waals surface area contributed by atoms with Gasteiger partial charge in [-0.3, -0.25) is 4.79 Å². The van der Waals surface area contributed by atoms with Crippen molar-refractivity contribution >= 4 is 5.97 Å². The molecule has 0 fully saturated rings. The fraction of sp³-hybridized carbons (Fsp3) is 0.917. The maximum absolute atomic E-state index is 10.8. The van der Waals surface area contributed by atoms with Crippen molar-refractivity contribution in [2.24, 2.45) is 11.8 Å². The molecular weight excluding hydrogens is 192 g/mol. The van der Waals surface area contributed by atoms with Crippen molar-refractivity contribution in [3.8, 4) is 0 Å². The van der Waals surface area contributed by atoms with Crippen LogP contribution in [0.15, 0.2) is 0 Å². The average molecular weight is 216 g/mol. The minimum Gasteiger partial charge on any atom is -0.469 e. The van der Waals surface area contributed by atoms with E-state index in [1.165, 1.54) is 20.0 Å². The highest BCUT2D eigenvalue weighted by atomic mass is 16.5. The van der Waals surface area contributed by atoms with Gasteiger partial charge in [-0.15, -0.1) is 0 Å². The van der Waals surface area contributed by atoms with Gasteiger partial charge in [0.15, 0.2) is 0 Å². The molecule has 0 heterocycles. The molecule has 2 unspecified atom stereocenters. The Bertz CT molecular complexity index is 168. The number of hydrogen-bond donors (Lipinski definition) is 0. The van der Waals surface area contributed by atoms with Crippen molar-refractivity contribution in [3.05, 3.63) is 0 Å². The molecule has 90 valence electrons. The third-order valence-corrected chi connectivity index (χ3v) is 2.77. The summed E-state index contributed by atoms with van der Waals surface area (Å²) in [7, 11) is 1.40. The molecule has 3 heteroatoms. The van der Waals surface area contributed by atoms with Crippen LogP contribution in [0.1, 0.15) is 40.0 Å². The van der Waals surface area contributed by atoms with Crippen molar-refractivity contribution in [2.45, 2.75) is 40.0 Å². The lowest BCUT2D eigenvalue weighted by molar-refractivity contribution is -0.141. The van der Waals surface area contributed by atoms with Crippen LogP contribution in [0, 0.1) is 11.8 Å². The van der Waals surface area contributed by atoms with Crippen molar-refractivity contribution in [2.75, 3.05) is 20.3 Å². The molecule has 0 N–H and O–H groups in total. The molecule has 0 aliphatic carbocycles. The van der Waals surface area contributed by atoms with Gasteiger partial charge in [-0.25, -0.2) is 0 Å². The molecule has 15 heavy (non-hydrogen) atoms. The fourth-order valence-electron chi connectivity index (χ4n) is 1.43. The molecule has 0 aliphatic heterocycles. The first-order valence-electron chi connectivity index (χ1n) is 5.76. The maximum Gasteiger partial charge on any atom is 0.307 e. The molecule has 3 nitrogen and oxygen atoms in total. The van der Waals surface area contributed by atoms with Crippen molar-refractivity contribution in [3.63, 3.8) is 0 Å². The van der Waals surface area contributed by atoms with E-state index in [-0.39, 0.29) is 5.97 Å². The molecule has 0 aromatic rings. The van der Waals surface area contributed by atoms with Crippen LogP contribution in [0.4, 0.5) is 0 Å². The summed E-state index contributed by atoms with van der Waals surface area (Å²) >= 11 is 0. The zero-order valence-electron chi connectivity index (χ0n) is 10.4. The molecule has 0 aromatic carbocycles. The molecule has 0 saturated heterocycles. The second kappa shape index (κ2) is 8.72. The molecule has 0 spiro atoms. The van der Waals surface area contributed by atoms with Crippen molar-refractivity contribution in [1.82, 2.24) is 0 Å². The van der Waals surface area contributed by atoms with Crippen LogP contribution in [0.3, 0.4) is 0 Å². The highest BCUT2D eigenvalue weighted by Crippen LogP contribution is 2.16. The van der Waals surface area contributed by atoms with E-state index in [0.29, 0.717) is 24.9 Å². The van der Waals surface area contributed by atoms with Crippen LogP contribution in [0.5, 0.6) is 0 Å². The van der Waals surface area contributed by atoms with Gasteiger partial charge >= 0.3 is 5.97 Å². The lowest BCUT2D eigenvalue weighted by Crippen LogP contribution is -2.16. The fourth-order valence-corrected chi connectivity index (χ4v) is 1.43. The third-order valence-electron chi connectivity index (χ3n) is 2.77. The molecular formula is C12H24O3. The minimum absolute atomic E-state index is 0.204. The number of carbonyl (C=O) groups excluding carboxylic acids is 1. The van der Waals surface area contributed by atoms with Gasteiger partial charge in [0.1, 0.15) is 0 Å². The van der Waals surface area contributed by atoms with E-state index in [0.717, 1.165) is 6.61 Å². The smallest absolute Gasteiger partial charge is 0.307 e. The van der Waals surface area contributed by atoms with Crippen molar-refractivity contribution < 1.29 is 14.3 Å². The number of carbonyl (C=O) groups is 1. The number of esters is 1. The van der Waals surface area contributed by atoms with Gasteiger partial charge in [0, 0.05) is 6.61 Å². The van der Waals surface area contributed by atoms with Gasteiger partial charge in [-0.05, 0) is 11.8 Å². The van der Waals surface area contributed by atoms with Crippen LogP contribution < -0.4 is 0 Å². The summed E-state index contributed by atoms with van der Waals surface area (Å²) in [5.74, 6) is 1.04. The van der Waals surface area contributed by atoms with Crippen LogP contribution in [-0.2, 0) is 14.3 Å². The summed E-state index contributed by atoms with van der Waals surface area (Å²) in [5, 5.41) is 0. The van der Waals surface area contributed by atoms with E-state index in [2.05, 4.69) is 25.5 Å². The molecule has 0 amide bonds. The first-order chi connectivity index (χ1) is 7.11. The Hall–Kier alpha value is -0.570. The van der Waals surface area contributed by atoms with E-state index in [4.69, 9.17) is 4.74 Å². The van der Waals surface area contributed by atoms with Gasteiger partial charge in [0.05, 0.1) is 20.1 Å². The van der Waals surface area contributed by atoms with Crippen LogP contribution >= 0.6 is 0 Å². The van der Waals surface area contributed by atoms with Gasteiger partial charge in [-0.2, -0.15) is 0 Å². The van der Waals surface area contributed by atoms with Gasteiger partial charge in [-0.1, -0.05) is 33.6 Å². The Labute approximate surface area is 93.1 Å². The molecule has 0 bridgehead atoms. The van der Waals surface area contributed by atoms with Gasteiger partial charge in [0.2, 0.25) is 0 Å². The molecule has 0 rings (SSSR count). The van der Waals surface area contributed by atoms with Crippen molar-refractivity contribution in [1.29, 1.82) is 0 Å². The zero-order chi connectivity index (χ0) is 11.7. The predicted molar refractivity (Wildman–Crippen MR) is 60.7 cm³/mol. The Kier molecular flexibility index (Phi) is 8.38. The van der Waals surface area contributed by atoms with Crippen LogP contribution in [0.2, 0.25) is 0 Å². The number of hydrogen-bond acceptors (Lipinski definition) is 3. The van der Waals surface area contributed by atoms with E-state index in [1.807, 2.05) is 0 Å². The van der Waals surface area contributed by atoms with Gasteiger partial charge < -0.3 is 9.47 Å². The topological polar surface area (TPSA) is 35.5 Å². The second-order valence-corrected chi connectivity index (χ2v) is 4.14. The first kappa shape index (κ1) is 14.4. The minimum atomic E-state index is -0.204. The summed E-state index contributed by atoms with van der Waals surface area (Å²) in [6.07, 6.45) is 2.81. The second-order valence-electron chi connectivity index (χ2n) is 4.14. The third kappa shape index (κ3) is 7.37. The van der Waals surface area contributed by atoms with Crippen LogP contribution in [-0.4, -0.2) is 26.3 Å². The maximum atomic E-state index is 10.8. The van der Waals surface area contributed by atoms with Crippen LogP contribution in [0.25, 0.3) is 0 Å². The summed E-state index contributed by atoms with van der Waals surface area (Å²) in [5.41, 5.74) is 0. The normalized spacial score (nSPS) is 14.7. The average Bonchev–Trinajstić information content (AvgIpc) is 2.23. The Morgan fingerprint density at radius 3 is 2.47 bits per heavy atom. The molecule has 2 atom stereocenters. The van der Waals surface area contributed by atoms with E-state index < -0.39 is 0 Å². The van der Waals surface area contributed by atoms with Gasteiger partial charge in [0.25, 0.3) is 0 Å². The Balaban J connectivity index is 3.45. The largest absolute Gasteiger partial charge is 0.469 e. The monoisotopic (exact) mass is 216 g/mol. The standard InChI is InChI=1S/C12H24O3/c1-5-6-10(2)11(3)9-15-8-7-12(13)14-4/h10-11H,5-9H2,1-4H3. The molecule has 0 aromatic heterocycles. The SMILES string of the molecule is CCCC(C)C(C)COCCC(=O)OC. The number of rotatable bonds is 8. The summed E-state index contributed by atoms with van der Waals surface area (Å²) in [6, 6.07) is 0. The highest BCUT2D eigenvalue weighted by molar-refractivity contribution is 5.69. The zero-order valence-corrected chi connectivity index (χ0v) is 10.4. The molecule has 0 saturated carbocycles. The molecule has 0 radical (unpaired) electrons. The highest BCUT2D eigenvalue weighted by Gasteiger charge is 2.11. The summed E-state index contributed by atoms with van der Waals surface area (Å²) in [4.78, 5) is 10.8. The predicted octanol–water partition coefficient (Wildman–Crippen LogP) is 2.64. The summed E-state index contributed by atoms with van der Waals surface area (Å²) < 4.78 is 9.96. The molecule has 0 aliphatic rings. The first-order valence-corrected chi connectivity index (χ1v) is 5.76. The quantitative estimate of drug-likeness (QED) is 0.462. The van der Waals surface area contributed by atoms with E-state index in [9.17, 15) is 4.79 Å². The van der Waals surface area contributed by atoms with E-state index >= 15 is 0 Å². The summed E-state index contributed by atoms with van der Waals surface area (Å²) in [6.45, 7) is 7.84. The lowest BCUT2D eigenvalue weighted by atomic mass is 9.93. The Morgan fingerprint density at radius 1 is 1.27 bits per heavy atom. The number of methoxy groups -OCH3 is 1. The lowest BCUT2D eigenvalue weighted by Gasteiger charge is -2.18. The van der Waals surface area contributed by atoms with E-state index in [1.54, 1.807) is 0 Å². The Morgan fingerprint density at radius 2 is 1.93 bits per heavy atom. The number of ether oxygens (including phenoxy) is 2.